The van der Waals surface area contributed by atoms with Gasteiger partial charge < -0.3 is 4.52 Å². The van der Waals surface area contributed by atoms with Crippen molar-refractivity contribution in [2.75, 3.05) is 13.1 Å². The molecule has 3 rings (SSSR count). The van der Waals surface area contributed by atoms with Crippen molar-refractivity contribution in [2.45, 2.75) is 19.4 Å². The van der Waals surface area contributed by atoms with Gasteiger partial charge in [0, 0.05) is 24.1 Å². The van der Waals surface area contributed by atoms with E-state index < -0.39 is 0 Å². The monoisotopic (exact) mass is 307 g/mol. The number of aromatic nitrogens is 2. The molecular formula is C13H14BrN3O. The van der Waals surface area contributed by atoms with Crippen molar-refractivity contribution in [3.8, 4) is 0 Å². The third kappa shape index (κ3) is 2.33. The van der Waals surface area contributed by atoms with Crippen LogP contribution in [0.4, 0.5) is 0 Å². The van der Waals surface area contributed by atoms with Gasteiger partial charge in [-0.15, -0.1) is 0 Å². The molecule has 0 bridgehead atoms. The fraction of sp³-hybridized carbons (Fsp3) is 0.385. The molecule has 0 atom stereocenters. The second-order valence-corrected chi connectivity index (χ2v) is 5.52. The molecule has 1 aromatic carbocycles. The standard InChI is InChI=1S/C13H14BrN3O/c1-9-15-13(18-16-9)11-7-17(8-11)6-10-4-2-3-5-12(10)14/h2-5,11H,6-8H2,1H3. The smallest absolute Gasteiger partial charge is 0.232 e. The topological polar surface area (TPSA) is 42.2 Å². The summed E-state index contributed by atoms with van der Waals surface area (Å²) in [5.74, 6) is 1.89. The van der Waals surface area contributed by atoms with Crippen molar-refractivity contribution in [3.05, 3.63) is 46.0 Å². The summed E-state index contributed by atoms with van der Waals surface area (Å²) in [5, 5.41) is 3.83. The van der Waals surface area contributed by atoms with Crippen molar-refractivity contribution in [2.24, 2.45) is 0 Å². The molecule has 0 N–H and O–H groups in total. The van der Waals surface area contributed by atoms with Crippen LogP contribution >= 0.6 is 15.9 Å². The van der Waals surface area contributed by atoms with Gasteiger partial charge in [0.25, 0.3) is 0 Å². The fourth-order valence-corrected chi connectivity index (χ4v) is 2.61. The SMILES string of the molecule is Cc1noc(C2CN(Cc3ccccc3Br)C2)n1. The summed E-state index contributed by atoms with van der Waals surface area (Å²) in [6, 6.07) is 8.33. The van der Waals surface area contributed by atoms with Gasteiger partial charge in [0.2, 0.25) is 5.89 Å². The molecule has 1 fully saturated rings. The van der Waals surface area contributed by atoms with Crippen molar-refractivity contribution >= 4 is 15.9 Å². The first-order valence-electron chi connectivity index (χ1n) is 5.98. The summed E-state index contributed by atoms with van der Waals surface area (Å²) in [6.45, 7) is 4.79. The van der Waals surface area contributed by atoms with Gasteiger partial charge in [0.15, 0.2) is 5.82 Å². The van der Waals surface area contributed by atoms with Crippen LogP contribution in [0.15, 0.2) is 33.3 Å². The van der Waals surface area contributed by atoms with Gasteiger partial charge in [-0.25, -0.2) is 0 Å². The largest absolute Gasteiger partial charge is 0.339 e. The summed E-state index contributed by atoms with van der Waals surface area (Å²) in [6.07, 6.45) is 0. The molecule has 4 nitrogen and oxygen atoms in total. The summed E-state index contributed by atoms with van der Waals surface area (Å²) >= 11 is 3.57. The van der Waals surface area contributed by atoms with Gasteiger partial charge in [0.05, 0.1) is 5.92 Å². The van der Waals surface area contributed by atoms with E-state index in [1.54, 1.807) is 0 Å². The molecule has 2 aromatic rings. The molecule has 0 radical (unpaired) electrons. The molecule has 0 unspecified atom stereocenters. The number of halogens is 1. The van der Waals surface area contributed by atoms with Crippen LogP contribution < -0.4 is 0 Å². The molecule has 0 amide bonds. The third-order valence-electron chi connectivity index (χ3n) is 3.20. The molecule has 18 heavy (non-hydrogen) atoms. The molecule has 94 valence electrons. The maximum absolute atomic E-state index is 5.19. The molecule has 1 aliphatic rings. The van der Waals surface area contributed by atoms with Crippen LogP contribution in [-0.2, 0) is 6.54 Å². The molecule has 0 spiro atoms. The van der Waals surface area contributed by atoms with E-state index in [0.29, 0.717) is 11.7 Å². The quantitative estimate of drug-likeness (QED) is 0.874. The molecule has 5 heteroatoms. The Hall–Kier alpha value is -1.20. The Morgan fingerprint density at radius 2 is 2.17 bits per heavy atom. The normalized spacial score (nSPS) is 16.8. The average Bonchev–Trinajstić information content (AvgIpc) is 2.71. The molecule has 0 saturated carbocycles. The first-order chi connectivity index (χ1) is 8.72. The van der Waals surface area contributed by atoms with E-state index in [1.807, 2.05) is 13.0 Å². The Morgan fingerprint density at radius 1 is 1.39 bits per heavy atom. The molecule has 0 aliphatic carbocycles. The van der Waals surface area contributed by atoms with E-state index in [9.17, 15) is 0 Å². The fourth-order valence-electron chi connectivity index (χ4n) is 2.20. The minimum absolute atomic E-state index is 0.397. The van der Waals surface area contributed by atoms with Gasteiger partial charge in [0.1, 0.15) is 0 Å². The number of hydrogen-bond acceptors (Lipinski definition) is 4. The van der Waals surface area contributed by atoms with E-state index in [2.05, 4.69) is 49.2 Å². The molecule has 1 saturated heterocycles. The highest BCUT2D eigenvalue weighted by Gasteiger charge is 2.32. The molecular weight excluding hydrogens is 294 g/mol. The highest BCUT2D eigenvalue weighted by atomic mass is 79.9. The van der Waals surface area contributed by atoms with Crippen LogP contribution in [0.1, 0.15) is 23.2 Å². The molecule has 1 aliphatic heterocycles. The number of nitrogens with zero attached hydrogens (tertiary/aromatic N) is 3. The van der Waals surface area contributed by atoms with E-state index >= 15 is 0 Å². The number of hydrogen-bond donors (Lipinski definition) is 0. The lowest BCUT2D eigenvalue weighted by atomic mass is 9.99. The van der Waals surface area contributed by atoms with Crippen LogP contribution in [-0.4, -0.2) is 28.1 Å². The zero-order chi connectivity index (χ0) is 12.5. The maximum Gasteiger partial charge on any atom is 0.232 e. The summed E-state index contributed by atoms with van der Waals surface area (Å²) in [5.41, 5.74) is 1.32. The van der Waals surface area contributed by atoms with Gasteiger partial charge in [-0.3, -0.25) is 4.90 Å². The second kappa shape index (κ2) is 4.82. The average molecular weight is 308 g/mol. The Kier molecular flexibility index (Phi) is 3.18. The predicted molar refractivity (Wildman–Crippen MR) is 71.2 cm³/mol. The van der Waals surface area contributed by atoms with E-state index in [4.69, 9.17) is 4.52 Å². The Labute approximate surface area is 114 Å². The van der Waals surface area contributed by atoms with Crippen molar-refractivity contribution in [1.82, 2.24) is 15.0 Å². The Balaban J connectivity index is 1.58. The number of rotatable bonds is 3. The van der Waals surface area contributed by atoms with Gasteiger partial charge in [-0.05, 0) is 18.6 Å². The van der Waals surface area contributed by atoms with E-state index in [0.717, 1.165) is 25.5 Å². The minimum Gasteiger partial charge on any atom is -0.339 e. The van der Waals surface area contributed by atoms with Crippen LogP contribution in [0.5, 0.6) is 0 Å². The first-order valence-corrected chi connectivity index (χ1v) is 6.77. The number of likely N-dealkylation sites (tertiary alicyclic amines) is 1. The second-order valence-electron chi connectivity index (χ2n) is 4.66. The van der Waals surface area contributed by atoms with Crippen molar-refractivity contribution in [1.29, 1.82) is 0 Å². The predicted octanol–water partition coefficient (Wildman–Crippen LogP) is 2.74. The zero-order valence-electron chi connectivity index (χ0n) is 10.1. The van der Waals surface area contributed by atoms with E-state index in [1.165, 1.54) is 10.0 Å². The lowest BCUT2D eigenvalue weighted by Crippen LogP contribution is -2.44. The van der Waals surface area contributed by atoms with Gasteiger partial charge in [-0.2, -0.15) is 4.98 Å². The number of aryl methyl sites for hydroxylation is 1. The third-order valence-corrected chi connectivity index (χ3v) is 3.98. The lowest BCUT2D eigenvalue weighted by Gasteiger charge is -2.37. The van der Waals surface area contributed by atoms with Crippen molar-refractivity contribution in [3.63, 3.8) is 0 Å². The summed E-state index contributed by atoms with van der Waals surface area (Å²) in [7, 11) is 0. The highest BCUT2D eigenvalue weighted by molar-refractivity contribution is 9.10. The Bertz CT molecular complexity index is 549. The van der Waals surface area contributed by atoms with Crippen LogP contribution in [0.3, 0.4) is 0 Å². The van der Waals surface area contributed by atoms with E-state index in [-0.39, 0.29) is 0 Å². The molecule has 1 aromatic heterocycles. The first kappa shape index (κ1) is 11.9. The van der Waals surface area contributed by atoms with Crippen LogP contribution in [0.25, 0.3) is 0 Å². The van der Waals surface area contributed by atoms with Gasteiger partial charge >= 0.3 is 0 Å². The molecule has 2 heterocycles. The van der Waals surface area contributed by atoms with Gasteiger partial charge in [-0.1, -0.05) is 39.3 Å². The highest BCUT2D eigenvalue weighted by Crippen LogP contribution is 2.28. The van der Waals surface area contributed by atoms with Crippen molar-refractivity contribution < 1.29 is 4.52 Å². The zero-order valence-corrected chi connectivity index (χ0v) is 11.7. The summed E-state index contributed by atoms with van der Waals surface area (Å²) in [4.78, 5) is 6.66. The Morgan fingerprint density at radius 3 is 2.83 bits per heavy atom. The van der Waals surface area contributed by atoms with Crippen LogP contribution in [0.2, 0.25) is 0 Å². The minimum atomic E-state index is 0.397. The lowest BCUT2D eigenvalue weighted by molar-refractivity contribution is 0.117. The summed E-state index contributed by atoms with van der Waals surface area (Å²) < 4.78 is 6.36. The maximum atomic E-state index is 5.19. The number of benzene rings is 1. The van der Waals surface area contributed by atoms with Crippen LogP contribution in [0, 0.1) is 6.92 Å².